The number of pyridine rings is 1. The molecule has 6 nitrogen and oxygen atoms in total. The monoisotopic (exact) mass is 418 g/mol. The van der Waals surface area contributed by atoms with E-state index in [0.29, 0.717) is 22.3 Å². The van der Waals surface area contributed by atoms with E-state index in [1.807, 2.05) is 19.1 Å². The van der Waals surface area contributed by atoms with Gasteiger partial charge < -0.3 is 9.72 Å². The molecule has 0 bridgehead atoms. The fourth-order valence-electron chi connectivity index (χ4n) is 3.62. The number of sulfone groups is 1. The number of H-pyrrole nitrogens is 1. The minimum absolute atomic E-state index is 0.00277. The number of aryl methyl sites for hydroxylation is 1. The van der Waals surface area contributed by atoms with E-state index in [2.05, 4.69) is 9.97 Å². The van der Waals surface area contributed by atoms with Crippen molar-refractivity contribution in [2.75, 3.05) is 12.9 Å². The second kappa shape index (κ2) is 7.29. The van der Waals surface area contributed by atoms with Gasteiger partial charge in [-0.2, -0.15) is 0 Å². The number of aromatic nitrogens is 2. The van der Waals surface area contributed by atoms with Crippen molar-refractivity contribution in [3.63, 3.8) is 0 Å². The van der Waals surface area contributed by atoms with Crippen molar-refractivity contribution in [3.05, 3.63) is 53.7 Å². The van der Waals surface area contributed by atoms with Crippen molar-refractivity contribution >= 4 is 51.1 Å². The van der Waals surface area contributed by atoms with Gasteiger partial charge in [-0.1, -0.05) is 24.5 Å². The number of rotatable bonds is 4. The van der Waals surface area contributed by atoms with Gasteiger partial charge in [0.15, 0.2) is 9.84 Å². The fourth-order valence-corrected chi connectivity index (χ4v) is 4.54. The van der Waals surface area contributed by atoms with E-state index in [0.717, 1.165) is 16.3 Å². The first-order chi connectivity index (χ1) is 14.3. The number of nitrogens with zero attached hydrogens (tertiary/aromatic N) is 1. The maximum Gasteiger partial charge on any atom is 0.337 e. The SMILES string of the molecule is [B]c1c(C(=O)OC)cc(-c2cccc(S(=O)(=O)CC)c2)c2c1[nH]c1ncc(C)cc12. The van der Waals surface area contributed by atoms with Crippen LogP contribution >= 0.6 is 0 Å². The minimum Gasteiger partial charge on any atom is -0.465 e. The number of nitrogens with one attached hydrogen (secondary N) is 1. The molecule has 30 heavy (non-hydrogen) atoms. The zero-order chi connectivity index (χ0) is 21.6. The van der Waals surface area contributed by atoms with Crippen LogP contribution in [0.3, 0.4) is 0 Å². The normalized spacial score (nSPS) is 11.8. The van der Waals surface area contributed by atoms with Crippen molar-refractivity contribution in [1.82, 2.24) is 9.97 Å². The van der Waals surface area contributed by atoms with E-state index >= 15 is 0 Å². The summed E-state index contributed by atoms with van der Waals surface area (Å²) < 4.78 is 29.7. The Labute approximate surface area is 175 Å². The first-order valence-electron chi connectivity index (χ1n) is 9.38. The molecular weight excluding hydrogens is 399 g/mol. The lowest BCUT2D eigenvalue weighted by Gasteiger charge is -2.12. The lowest BCUT2D eigenvalue weighted by Crippen LogP contribution is -2.18. The van der Waals surface area contributed by atoms with Gasteiger partial charge in [-0.25, -0.2) is 18.2 Å². The highest BCUT2D eigenvalue weighted by Crippen LogP contribution is 2.35. The number of carbonyl (C=O) groups is 1. The zero-order valence-corrected chi connectivity index (χ0v) is 17.6. The molecule has 2 aromatic heterocycles. The lowest BCUT2D eigenvalue weighted by atomic mass is 9.84. The van der Waals surface area contributed by atoms with Gasteiger partial charge in [0.2, 0.25) is 0 Å². The minimum atomic E-state index is -3.39. The third-order valence-electron chi connectivity index (χ3n) is 5.19. The van der Waals surface area contributed by atoms with E-state index < -0.39 is 15.8 Å². The van der Waals surface area contributed by atoms with Crippen LogP contribution < -0.4 is 5.46 Å². The molecule has 0 amide bonds. The van der Waals surface area contributed by atoms with Crippen molar-refractivity contribution < 1.29 is 17.9 Å². The Morgan fingerprint density at radius 2 is 2.00 bits per heavy atom. The topological polar surface area (TPSA) is 89.1 Å². The summed E-state index contributed by atoms with van der Waals surface area (Å²) in [5.74, 6) is -0.576. The van der Waals surface area contributed by atoms with E-state index in [9.17, 15) is 13.2 Å². The average molecular weight is 418 g/mol. The second-order valence-corrected chi connectivity index (χ2v) is 9.37. The van der Waals surface area contributed by atoms with Crippen LogP contribution in [-0.4, -0.2) is 45.1 Å². The van der Waals surface area contributed by atoms with Gasteiger partial charge in [-0.05, 0) is 47.9 Å². The summed E-state index contributed by atoms with van der Waals surface area (Å²) in [4.78, 5) is 20.2. The summed E-state index contributed by atoms with van der Waals surface area (Å²) in [5.41, 5.74) is 3.94. The van der Waals surface area contributed by atoms with Crippen LogP contribution in [0.2, 0.25) is 0 Å². The van der Waals surface area contributed by atoms with Crippen molar-refractivity contribution in [2.24, 2.45) is 0 Å². The first kappa shape index (κ1) is 20.2. The van der Waals surface area contributed by atoms with Gasteiger partial charge in [0, 0.05) is 22.5 Å². The summed E-state index contributed by atoms with van der Waals surface area (Å²) in [6, 6.07) is 10.3. The van der Waals surface area contributed by atoms with Crippen LogP contribution in [0, 0.1) is 6.92 Å². The van der Waals surface area contributed by atoms with Gasteiger partial charge in [0.25, 0.3) is 0 Å². The Kier molecular flexibility index (Phi) is 4.90. The van der Waals surface area contributed by atoms with Crippen LogP contribution in [0.5, 0.6) is 0 Å². The number of benzene rings is 2. The highest BCUT2D eigenvalue weighted by Gasteiger charge is 2.21. The molecule has 0 aliphatic rings. The Hall–Kier alpha value is -3.13. The average Bonchev–Trinajstić information content (AvgIpc) is 3.13. The molecule has 0 saturated heterocycles. The summed E-state index contributed by atoms with van der Waals surface area (Å²) in [7, 11) is 4.20. The molecule has 0 aliphatic carbocycles. The molecule has 0 saturated carbocycles. The number of carbonyl (C=O) groups excluding carboxylic acids is 1. The van der Waals surface area contributed by atoms with Gasteiger partial charge in [-0.15, -0.1) is 0 Å². The van der Waals surface area contributed by atoms with E-state index in [4.69, 9.17) is 12.6 Å². The van der Waals surface area contributed by atoms with E-state index in [1.165, 1.54) is 7.11 Å². The van der Waals surface area contributed by atoms with Crippen molar-refractivity contribution in [1.29, 1.82) is 0 Å². The van der Waals surface area contributed by atoms with Gasteiger partial charge in [-0.3, -0.25) is 0 Å². The van der Waals surface area contributed by atoms with Crippen molar-refractivity contribution in [3.8, 4) is 11.1 Å². The molecular formula is C22H19BN2O4S. The molecule has 8 heteroatoms. The lowest BCUT2D eigenvalue weighted by molar-refractivity contribution is 0.0602. The molecule has 0 aliphatic heterocycles. The summed E-state index contributed by atoms with van der Waals surface area (Å²) in [6.07, 6.45) is 1.74. The molecule has 2 aromatic carbocycles. The predicted octanol–water partition coefficient (Wildman–Crippen LogP) is 3.07. The molecule has 2 heterocycles. The third-order valence-corrected chi connectivity index (χ3v) is 6.93. The zero-order valence-electron chi connectivity index (χ0n) is 16.8. The van der Waals surface area contributed by atoms with Crippen LogP contribution in [-0.2, 0) is 14.6 Å². The van der Waals surface area contributed by atoms with Crippen LogP contribution in [0.1, 0.15) is 22.8 Å². The summed E-state index contributed by atoms with van der Waals surface area (Å²) >= 11 is 0. The smallest absolute Gasteiger partial charge is 0.337 e. The third kappa shape index (κ3) is 3.17. The number of fused-ring (bicyclic) bond motifs is 3. The standard InChI is InChI=1S/C22H19BN2O4S/c1-4-30(27,28)14-7-5-6-13(9-14)15-10-17(22(26)29-3)19(23)20-18(15)16-8-12(2)11-24-21(16)25-20/h5-11H,4H2,1-3H3,(H,24,25). The number of hydrogen-bond acceptors (Lipinski definition) is 5. The van der Waals surface area contributed by atoms with E-state index in [-0.39, 0.29) is 21.7 Å². The molecule has 150 valence electrons. The Morgan fingerprint density at radius 3 is 2.70 bits per heavy atom. The fraction of sp³-hybridized carbons (Fsp3) is 0.182. The molecule has 2 radical (unpaired) electrons. The van der Waals surface area contributed by atoms with Crippen LogP contribution in [0.15, 0.2) is 47.5 Å². The molecule has 4 rings (SSSR count). The number of methoxy groups -OCH3 is 1. The largest absolute Gasteiger partial charge is 0.465 e. The predicted molar refractivity (Wildman–Crippen MR) is 118 cm³/mol. The number of aromatic amines is 1. The highest BCUT2D eigenvalue weighted by atomic mass is 32.2. The van der Waals surface area contributed by atoms with Gasteiger partial charge in [0.1, 0.15) is 13.5 Å². The molecule has 0 spiro atoms. The first-order valence-corrected chi connectivity index (χ1v) is 11.0. The molecule has 1 N–H and O–H groups in total. The van der Waals surface area contributed by atoms with Gasteiger partial charge >= 0.3 is 5.97 Å². The molecule has 0 atom stereocenters. The Balaban J connectivity index is 2.14. The highest BCUT2D eigenvalue weighted by molar-refractivity contribution is 7.91. The number of esters is 1. The maximum absolute atomic E-state index is 12.4. The maximum atomic E-state index is 12.4. The van der Waals surface area contributed by atoms with Crippen LogP contribution in [0.25, 0.3) is 33.1 Å². The van der Waals surface area contributed by atoms with Crippen LogP contribution in [0.4, 0.5) is 0 Å². The second-order valence-electron chi connectivity index (χ2n) is 7.09. The Bertz CT molecular complexity index is 1420. The Morgan fingerprint density at radius 1 is 1.23 bits per heavy atom. The number of hydrogen-bond donors (Lipinski definition) is 1. The summed E-state index contributed by atoms with van der Waals surface area (Å²) in [6.45, 7) is 3.54. The van der Waals surface area contributed by atoms with Gasteiger partial charge in [0.05, 0.1) is 23.3 Å². The quantitative estimate of drug-likeness (QED) is 0.407. The number of ether oxygens (including phenoxy) is 1. The van der Waals surface area contributed by atoms with E-state index in [1.54, 1.807) is 37.4 Å². The molecule has 0 unspecified atom stereocenters. The summed E-state index contributed by atoms with van der Waals surface area (Å²) in [5, 5.41) is 1.62. The molecule has 4 aromatic rings. The molecule has 0 fully saturated rings. The van der Waals surface area contributed by atoms with Crippen molar-refractivity contribution in [2.45, 2.75) is 18.7 Å².